The molecule has 0 saturated carbocycles. The summed E-state index contributed by atoms with van der Waals surface area (Å²) in [5.41, 5.74) is 1.11. The summed E-state index contributed by atoms with van der Waals surface area (Å²) in [6.07, 6.45) is 0. The summed E-state index contributed by atoms with van der Waals surface area (Å²) >= 11 is 0. The number of aliphatic hydroxyl groups excluding tert-OH is 1. The predicted molar refractivity (Wildman–Crippen MR) is 75.4 cm³/mol. The third kappa shape index (κ3) is 4.55. The first kappa shape index (κ1) is 14.8. The van der Waals surface area contributed by atoms with Gasteiger partial charge in [0.1, 0.15) is 5.75 Å². The number of anilines is 1. The van der Waals surface area contributed by atoms with Crippen molar-refractivity contribution in [3.05, 3.63) is 24.3 Å². The van der Waals surface area contributed by atoms with Gasteiger partial charge in [-0.25, -0.2) is 0 Å². The van der Waals surface area contributed by atoms with Gasteiger partial charge in [-0.2, -0.15) is 0 Å². The van der Waals surface area contributed by atoms with Crippen LogP contribution in [0.2, 0.25) is 0 Å². The van der Waals surface area contributed by atoms with Gasteiger partial charge in [-0.05, 0) is 24.3 Å². The molecule has 18 heavy (non-hydrogen) atoms. The first-order valence-corrected chi connectivity index (χ1v) is 6.29. The number of aliphatic hydroxyl groups is 1. The first-order chi connectivity index (χ1) is 8.56. The van der Waals surface area contributed by atoms with Gasteiger partial charge in [0.15, 0.2) is 0 Å². The third-order valence-corrected chi connectivity index (χ3v) is 2.80. The van der Waals surface area contributed by atoms with Crippen molar-refractivity contribution in [3.8, 4) is 5.75 Å². The minimum Gasteiger partial charge on any atom is -0.497 e. The van der Waals surface area contributed by atoms with Crippen LogP contribution in [-0.4, -0.2) is 44.5 Å². The average Bonchev–Trinajstić information content (AvgIpc) is 2.37. The fraction of sp³-hybridized carbons (Fsp3) is 0.571. The summed E-state index contributed by atoms with van der Waals surface area (Å²) in [6, 6.07) is 8.36. The van der Waals surface area contributed by atoms with Crippen LogP contribution < -0.4 is 15.0 Å². The Morgan fingerprint density at radius 1 is 1.28 bits per heavy atom. The van der Waals surface area contributed by atoms with Gasteiger partial charge in [0, 0.05) is 31.4 Å². The number of benzene rings is 1. The number of methoxy groups -OCH3 is 1. The smallest absolute Gasteiger partial charge is 0.119 e. The van der Waals surface area contributed by atoms with Crippen LogP contribution in [0.3, 0.4) is 0 Å². The number of nitrogens with one attached hydrogen (secondary N) is 1. The molecule has 1 rings (SSSR count). The van der Waals surface area contributed by atoms with E-state index in [2.05, 4.69) is 24.1 Å². The van der Waals surface area contributed by atoms with E-state index >= 15 is 0 Å². The van der Waals surface area contributed by atoms with E-state index in [1.165, 1.54) is 0 Å². The lowest BCUT2D eigenvalue weighted by atomic mass is 10.2. The molecule has 0 aliphatic carbocycles. The SMILES string of the molecule is COc1ccc(N(C)CC(CO)NC(C)C)cc1. The lowest BCUT2D eigenvalue weighted by Gasteiger charge is -2.27. The molecule has 2 N–H and O–H groups in total. The molecule has 1 aromatic carbocycles. The Hall–Kier alpha value is -1.26. The predicted octanol–water partition coefficient (Wildman–Crippen LogP) is 1.49. The highest BCUT2D eigenvalue weighted by Gasteiger charge is 2.12. The second-order valence-electron chi connectivity index (χ2n) is 4.78. The van der Waals surface area contributed by atoms with Crippen molar-refractivity contribution in [1.82, 2.24) is 5.32 Å². The molecule has 0 radical (unpaired) electrons. The van der Waals surface area contributed by atoms with Crippen molar-refractivity contribution in [2.45, 2.75) is 25.9 Å². The minimum atomic E-state index is 0.0806. The quantitative estimate of drug-likeness (QED) is 0.772. The van der Waals surface area contributed by atoms with Crippen LogP contribution in [0.25, 0.3) is 0 Å². The highest BCUT2D eigenvalue weighted by molar-refractivity contribution is 5.48. The van der Waals surface area contributed by atoms with Gasteiger partial charge in [0.25, 0.3) is 0 Å². The maximum Gasteiger partial charge on any atom is 0.119 e. The number of hydrogen-bond donors (Lipinski definition) is 2. The van der Waals surface area contributed by atoms with Crippen molar-refractivity contribution in [3.63, 3.8) is 0 Å². The second kappa shape index (κ2) is 7.24. The fourth-order valence-electron chi connectivity index (χ4n) is 1.91. The Bertz CT molecular complexity index is 338. The molecule has 0 saturated heterocycles. The van der Waals surface area contributed by atoms with E-state index in [-0.39, 0.29) is 12.6 Å². The molecule has 4 nitrogen and oxygen atoms in total. The van der Waals surface area contributed by atoms with Gasteiger partial charge < -0.3 is 20.1 Å². The molecule has 4 heteroatoms. The van der Waals surface area contributed by atoms with E-state index in [1.807, 2.05) is 31.3 Å². The number of rotatable bonds is 7. The molecule has 0 bridgehead atoms. The Kier molecular flexibility index (Phi) is 5.95. The Labute approximate surface area is 110 Å². The van der Waals surface area contributed by atoms with E-state index < -0.39 is 0 Å². The average molecular weight is 252 g/mol. The molecule has 0 aliphatic heterocycles. The van der Waals surface area contributed by atoms with E-state index in [4.69, 9.17) is 4.74 Å². The standard InChI is InChI=1S/C14H24N2O2/c1-11(2)15-12(10-17)9-16(3)13-5-7-14(18-4)8-6-13/h5-8,11-12,15,17H,9-10H2,1-4H3. The molecular weight excluding hydrogens is 228 g/mol. The Morgan fingerprint density at radius 2 is 1.89 bits per heavy atom. The van der Waals surface area contributed by atoms with Crippen LogP contribution in [-0.2, 0) is 0 Å². The third-order valence-electron chi connectivity index (χ3n) is 2.80. The molecule has 0 aromatic heterocycles. The van der Waals surface area contributed by atoms with Crippen molar-refractivity contribution < 1.29 is 9.84 Å². The van der Waals surface area contributed by atoms with E-state index in [0.29, 0.717) is 6.04 Å². The zero-order chi connectivity index (χ0) is 13.5. The van der Waals surface area contributed by atoms with Crippen LogP contribution >= 0.6 is 0 Å². The minimum absolute atomic E-state index is 0.0806. The molecule has 0 aliphatic rings. The van der Waals surface area contributed by atoms with E-state index in [0.717, 1.165) is 18.0 Å². The molecule has 1 atom stereocenters. The zero-order valence-electron chi connectivity index (χ0n) is 11.7. The largest absolute Gasteiger partial charge is 0.497 e. The number of hydrogen-bond acceptors (Lipinski definition) is 4. The molecule has 0 fully saturated rings. The molecule has 0 heterocycles. The van der Waals surface area contributed by atoms with Crippen molar-refractivity contribution in [2.75, 3.05) is 32.2 Å². The Balaban J connectivity index is 2.59. The summed E-state index contributed by atoms with van der Waals surface area (Å²) < 4.78 is 5.13. The first-order valence-electron chi connectivity index (χ1n) is 6.29. The van der Waals surface area contributed by atoms with Crippen molar-refractivity contribution >= 4 is 5.69 Å². The van der Waals surface area contributed by atoms with Crippen LogP contribution in [0.4, 0.5) is 5.69 Å². The summed E-state index contributed by atoms with van der Waals surface area (Å²) in [6.45, 7) is 5.06. The normalized spacial score (nSPS) is 12.6. The van der Waals surface area contributed by atoms with Gasteiger partial charge in [-0.15, -0.1) is 0 Å². The fourth-order valence-corrected chi connectivity index (χ4v) is 1.91. The molecule has 0 amide bonds. The summed E-state index contributed by atoms with van der Waals surface area (Å²) in [5.74, 6) is 0.853. The molecule has 102 valence electrons. The highest BCUT2D eigenvalue weighted by Crippen LogP contribution is 2.18. The number of likely N-dealkylation sites (N-methyl/N-ethyl adjacent to an activating group) is 1. The highest BCUT2D eigenvalue weighted by atomic mass is 16.5. The van der Waals surface area contributed by atoms with Gasteiger partial charge in [0.2, 0.25) is 0 Å². The molecule has 1 unspecified atom stereocenters. The zero-order valence-corrected chi connectivity index (χ0v) is 11.7. The van der Waals surface area contributed by atoms with Crippen molar-refractivity contribution in [1.29, 1.82) is 0 Å². The van der Waals surface area contributed by atoms with Gasteiger partial charge in [-0.3, -0.25) is 0 Å². The Morgan fingerprint density at radius 3 is 2.33 bits per heavy atom. The molecule has 1 aromatic rings. The van der Waals surface area contributed by atoms with Crippen LogP contribution in [0.1, 0.15) is 13.8 Å². The number of ether oxygens (including phenoxy) is 1. The molecular formula is C14H24N2O2. The van der Waals surface area contributed by atoms with Crippen LogP contribution in [0.15, 0.2) is 24.3 Å². The van der Waals surface area contributed by atoms with E-state index in [9.17, 15) is 5.11 Å². The lowest BCUT2D eigenvalue weighted by molar-refractivity contribution is 0.237. The van der Waals surface area contributed by atoms with Crippen molar-refractivity contribution in [2.24, 2.45) is 0 Å². The maximum absolute atomic E-state index is 9.34. The summed E-state index contributed by atoms with van der Waals surface area (Å²) in [7, 11) is 3.68. The maximum atomic E-state index is 9.34. The van der Waals surface area contributed by atoms with Gasteiger partial charge >= 0.3 is 0 Å². The van der Waals surface area contributed by atoms with Gasteiger partial charge in [-0.1, -0.05) is 13.8 Å². The summed E-state index contributed by atoms with van der Waals surface area (Å²) in [4.78, 5) is 2.12. The van der Waals surface area contributed by atoms with E-state index in [1.54, 1.807) is 7.11 Å². The molecule has 0 spiro atoms. The second-order valence-corrected chi connectivity index (χ2v) is 4.78. The monoisotopic (exact) mass is 252 g/mol. The van der Waals surface area contributed by atoms with Crippen LogP contribution in [0, 0.1) is 0 Å². The van der Waals surface area contributed by atoms with Gasteiger partial charge in [0.05, 0.1) is 13.7 Å². The number of nitrogens with zero attached hydrogens (tertiary/aromatic N) is 1. The summed E-state index contributed by atoms with van der Waals surface area (Å²) in [5, 5.41) is 12.7. The topological polar surface area (TPSA) is 44.7 Å². The van der Waals surface area contributed by atoms with Crippen LogP contribution in [0.5, 0.6) is 5.75 Å². The lowest BCUT2D eigenvalue weighted by Crippen LogP contribution is -2.45.